The number of nitrogens with one attached hydrogen (secondary N) is 3. The Balaban J connectivity index is 1.63. The molecule has 1 aliphatic heterocycles. The summed E-state index contributed by atoms with van der Waals surface area (Å²) in [6.07, 6.45) is 3.95. The van der Waals surface area contributed by atoms with Gasteiger partial charge in [0.25, 0.3) is 11.8 Å². The molecule has 0 radical (unpaired) electrons. The maximum absolute atomic E-state index is 12.7. The van der Waals surface area contributed by atoms with E-state index >= 15 is 0 Å². The molecule has 1 aliphatic carbocycles. The summed E-state index contributed by atoms with van der Waals surface area (Å²) in [7, 11) is 1.58. The number of hydrogen-bond donors (Lipinski definition) is 3. The molecule has 28 heavy (non-hydrogen) atoms. The minimum absolute atomic E-state index is 0.0356. The fourth-order valence-electron chi connectivity index (χ4n) is 3.93. The highest BCUT2D eigenvalue weighted by Crippen LogP contribution is 2.43. The number of amides is 2. The summed E-state index contributed by atoms with van der Waals surface area (Å²) in [5, 5.41) is 6.79. The van der Waals surface area contributed by atoms with Crippen molar-refractivity contribution in [2.75, 3.05) is 13.7 Å². The Morgan fingerprint density at radius 3 is 2.75 bits per heavy atom. The van der Waals surface area contributed by atoms with Crippen LogP contribution in [0.2, 0.25) is 0 Å². The summed E-state index contributed by atoms with van der Waals surface area (Å²) in [5.41, 5.74) is 3.97. The monoisotopic (exact) mass is 375 g/mol. The predicted molar refractivity (Wildman–Crippen MR) is 106 cm³/mol. The average molecular weight is 375 g/mol. The lowest BCUT2D eigenvalue weighted by atomic mass is 9.88. The number of hydrogen-bond acceptors (Lipinski definition) is 3. The van der Waals surface area contributed by atoms with Crippen LogP contribution in [0.15, 0.2) is 42.6 Å². The smallest absolute Gasteiger partial charge is 0.254 e. The normalized spacial score (nSPS) is 17.8. The molecular formula is C22H21N3O3. The topological polar surface area (TPSA) is 83.2 Å². The highest BCUT2D eigenvalue weighted by molar-refractivity contribution is 6.02. The molecule has 142 valence electrons. The van der Waals surface area contributed by atoms with Crippen LogP contribution in [0, 0.1) is 0 Å². The molecule has 2 amide bonds. The fourth-order valence-corrected chi connectivity index (χ4v) is 3.93. The van der Waals surface area contributed by atoms with Crippen LogP contribution in [-0.2, 0) is 0 Å². The molecule has 1 fully saturated rings. The zero-order valence-electron chi connectivity index (χ0n) is 15.5. The largest absolute Gasteiger partial charge is 0.491 e. The molecule has 2 aromatic carbocycles. The second kappa shape index (κ2) is 6.41. The van der Waals surface area contributed by atoms with E-state index in [0.29, 0.717) is 23.5 Å². The van der Waals surface area contributed by atoms with Gasteiger partial charge in [0.15, 0.2) is 0 Å². The van der Waals surface area contributed by atoms with Crippen molar-refractivity contribution in [1.29, 1.82) is 0 Å². The van der Waals surface area contributed by atoms with Gasteiger partial charge in [-0.25, -0.2) is 0 Å². The van der Waals surface area contributed by atoms with Crippen LogP contribution in [0.25, 0.3) is 10.9 Å². The first-order valence-corrected chi connectivity index (χ1v) is 9.55. The van der Waals surface area contributed by atoms with Gasteiger partial charge in [0.05, 0.1) is 12.2 Å². The molecule has 6 nitrogen and oxygen atoms in total. The van der Waals surface area contributed by atoms with Crippen LogP contribution in [0.3, 0.4) is 0 Å². The van der Waals surface area contributed by atoms with Crippen molar-refractivity contribution in [3.05, 3.63) is 64.8 Å². The number of ether oxygens (including phenoxy) is 1. The second-order valence-electron chi connectivity index (χ2n) is 7.42. The Bertz CT molecular complexity index is 1100. The summed E-state index contributed by atoms with van der Waals surface area (Å²) in [6.45, 7) is 0.442. The molecule has 5 rings (SSSR count). The predicted octanol–water partition coefficient (Wildman–Crippen LogP) is 2.94. The molecule has 2 heterocycles. The van der Waals surface area contributed by atoms with E-state index in [0.717, 1.165) is 34.9 Å². The number of fused-ring (bicyclic) bond motifs is 2. The highest BCUT2D eigenvalue weighted by atomic mass is 16.5. The van der Waals surface area contributed by atoms with E-state index in [1.54, 1.807) is 13.1 Å². The van der Waals surface area contributed by atoms with Crippen LogP contribution in [0.5, 0.6) is 5.75 Å². The molecule has 6 heteroatoms. The molecule has 0 bridgehead atoms. The average Bonchev–Trinajstić information content (AvgIpc) is 3.23. The standard InChI is InChI=1S/C22H21N3O3/c1-23-22(27)17-10-12(21(26)25-13-5-6-13)9-16-18(11-28-20(16)17)14-3-2-4-19-15(14)7-8-24-19/h2-4,7-10,13,18,24H,5-6,11H2,1H3,(H,23,27)(H,25,26)/t18-/m0/s1. The van der Waals surface area contributed by atoms with Crippen LogP contribution < -0.4 is 15.4 Å². The summed E-state index contributed by atoms with van der Waals surface area (Å²) < 4.78 is 5.97. The Morgan fingerprint density at radius 1 is 1.11 bits per heavy atom. The van der Waals surface area contributed by atoms with E-state index in [-0.39, 0.29) is 23.8 Å². The molecule has 0 spiro atoms. The van der Waals surface area contributed by atoms with E-state index in [9.17, 15) is 9.59 Å². The molecular weight excluding hydrogens is 354 g/mol. The van der Waals surface area contributed by atoms with Crippen molar-refractivity contribution in [2.45, 2.75) is 24.8 Å². The number of carbonyl (C=O) groups excluding carboxylic acids is 2. The third-order valence-electron chi connectivity index (χ3n) is 5.54. The van der Waals surface area contributed by atoms with Crippen molar-refractivity contribution in [1.82, 2.24) is 15.6 Å². The first-order chi connectivity index (χ1) is 13.7. The second-order valence-corrected chi connectivity index (χ2v) is 7.42. The molecule has 2 aliphatic rings. The zero-order chi connectivity index (χ0) is 19.3. The van der Waals surface area contributed by atoms with Gasteiger partial charge in [-0.1, -0.05) is 12.1 Å². The maximum Gasteiger partial charge on any atom is 0.254 e. The fraction of sp³-hybridized carbons (Fsp3) is 0.273. The summed E-state index contributed by atoms with van der Waals surface area (Å²) in [5.74, 6) is 0.144. The van der Waals surface area contributed by atoms with Crippen LogP contribution in [0.1, 0.15) is 50.6 Å². The summed E-state index contributed by atoms with van der Waals surface area (Å²) in [4.78, 5) is 28.4. The number of carbonyl (C=O) groups is 2. The Morgan fingerprint density at radius 2 is 1.96 bits per heavy atom. The minimum atomic E-state index is -0.252. The number of rotatable bonds is 4. The van der Waals surface area contributed by atoms with Crippen molar-refractivity contribution in [3.63, 3.8) is 0 Å². The number of benzene rings is 2. The molecule has 0 unspecified atom stereocenters. The SMILES string of the molecule is CNC(=O)c1cc(C(=O)NC2CC2)cc2c1OC[C@H]2c1cccc2[nH]ccc12. The van der Waals surface area contributed by atoms with Crippen LogP contribution >= 0.6 is 0 Å². The van der Waals surface area contributed by atoms with Crippen LogP contribution in [-0.4, -0.2) is 36.5 Å². The molecule has 3 N–H and O–H groups in total. The van der Waals surface area contributed by atoms with Gasteiger partial charge in [0, 0.05) is 47.2 Å². The van der Waals surface area contributed by atoms with Crippen molar-refractivity contribution in [3.8, 4) is 5.75 Å². The third kappa shape index (κ3) is 2.72. The number of H-pyrrole nitrogens is 1. The highest BCUT2D eigenvalue weighted by Gasteiger charge is 2.33. The quantitative estimate of drug-likeness (QED) is 0.656. The molecule has 1 aromatic heterocycles. The number of aromatic amines is 1. The van der Waals surface area contributed by atoms with Gasteiger partial charge in [0.2, 0.25) is 0 Å². The van der Waals surface area contributed by atoms with E-state index in [1.165, 1.54) is 0 Å². The number of aromatic nitrogens is 1. The van der Waals surface area contributed by atoms with Crippen molar-refractivity contribution < 1.29 is 14.3 Å². The Kier molecular flexibility index (Phi) is 3.86. The van der Waals surface area contributed by atoms with E-state index in [2.05, 4.69) is 21.7 Å². The summed E-state index contributed by atoms with van der Waals surface area (Å²) >= 11 is 0. The van der Waals surface area contributed by atoms with Gasteiger partial charge in [-0.05, 0) is 42.7 Å². The molecule has 0 saturated heterocycles. The van der Waals surface area contributed by atoms with E-state index < -0.39 is 0 Å². The summed E-state index contributed by atoms with van der Waals surface area (Å²) in [6, 6.07) is 11.9. The van der Waals surface area contributed by atoms with Gasteiger partial charge in [-0.3, -0.25) is 9.59 Å². The minimum Gasteiger partial charge on any atom is -0.491 e. The lowest BCUT2D eigenvalue weighted by Gasteiger charge is -2.14. The Hall–Kier alpha value is -3.28. The zero-order valence-corrected chi connectivity index (χ0v) is 15.5. The van der Waals surface area contributed by atoms with E-state index in [4.69, 9.17) is 4.74 Å². The third-order valence-corrected chi connectivity index (χ3v) is 5.54. The van der Waals surface area contributed by atoms with E-state index in [1.807, 2.05) is 30.5 Å². The molecule has 3 aromatic rings. The van der Waals surface area contributed by atoms with Gasteiger partial charge in [-0.15, -0.1) is 0 Å². The van der Waals surface area contributed by atoms with Crippen molar-refractivity contribution >= 4 is 22.7 Å². The lowest BCUT2D eigenvalue weighted by Crippen LogP contribution is -2.26. The molecule has 1 atom stereocenters. The Labute approximate surface area is 162 Å². The first kappa shape index (κ1) is 16.9. The van der Waals surface area contributed by atoms with Gasteiger partial charge < -0.3 is 20.4 Å². The van der Waals surface area contributed by atoms with Crippen molar-refractivity contribution in [2.24, 2.45) is 0 Å². The molecule has 1 saturated carbocycles. The van der Waals surface area contributed by atoms with Crippen LogP contribution in [0.4, 0.5) is 0 Å². The van der Waals surface area contributed by atoms with Gasteiger partial charge in [0.1, 0.15) is 5.75 Å². The lowest BCUT2D eigenvalue weighted by molar-refractivity contribution is 0.0951. The maximum atomic E-state index is 12.7. The first-order valence-electron chi connectivity index (χ1n) is 9.55. The van der Waals surface area contributed by atoms with Gasteiger partial charge >= 0.3 is 0 Å². The van der Waals surface area contributed by atoms with Gasteiger partial charge in [-0.2, -0.15) is 0 Å².